The first-order valence-corrected chi connectivity index (χ1v) is 17.4. The van der Waals surface area contributed by atoms with Gasteiger partial charge in [0.1, 0.15) is 12.6 Å². The average molecular weight is 638 g/mol. The van der Waals surface area contributed by atoms with Gasteiger partial charge in [-0.3, -0.25) is 13.9 Å². The van der Waals surface area contributed by atoms with E-state index in [1.165, 1.54) is 4.31 Å². The van der Waals surface area contributed by atoms with Crippen LogP contribution in [0, 0.1) is 20.8 Å². The molecule has 0 aromatic heterocycles. The predicted octanol–water partition coefficient (Wildman–Crippen LogP) is 6.51. The van der Waals surface area contributed by atoms with E-state index < -0.39 is 28.5 Å². The van der Waals surface area contributed by atoms with Crippen LogP contribution in [0.2, 0.25) is 0 Å². The van der Waals surface area contributed by atoms with E-state index >= 15 is 0 Å². The molecule has 0 heterocycles. The summed E-state index contributed by atoms with van der Waals surface area (Å²) >= 11 is 0. The van der Waals surface area contributed by atoms with E-state index in [0.717, 1.165) is 53.5 Å². The van der Waals surface area contributed by atoms with Crippen molar-refractivity contribution in [2.24, 2.45) is 0 Å². The zero-order chi connectivity index (χ0) is 32.7. The van der Waals surface area contributed by atoms with Gasteiger partial charge in [-0.05, 0) is 74.6 Å². The second kappa shape index (κ2) is 14.8. The van der Waals surface area contributed by atoms with Gasteiger partial charge in [-0.25, -0.2) is 8.42 Å². The Labute approximate surface area is 273 Å². The van der Waals surface area contributed by atoms with Gasteiger partial charge in [-0.2, -0.15) is 0 Å². The van der Waals surface area contributed by atoms with Crippen molar-refractivity contribution < 1.29 is 18.0 Å². The summed E-state index contributed by atoms with van der Waals surface area (Å²) in [6.07, 6.45) is 4.23. The second-order valence-corrected chi connectivity index (χ2v) is 14.2. The van der Waals surface area contributed by atoms with Crippen molar-refractivity contribution >= 4 is 27.5 Å². The van der Waals surface area contributed by atoms with Crippen LogP contribution in [-0.4, -0.2) is 43.8 Å². The molecule has 46 heavy (non-hydrogen) atoms. The molecular formula is C38H43N3O4S. The Bertz CT molecular complexity index is 1730. The molecule has 2 amide bonds. The SMILES string of the molecule is Cc1ccc(CN(C(=O)CN(c2cccc(C)c2)S(=O)(=O)c2ccc(C)cc2)C(Cc2ccccc2)C(=O)NC2CCCC2)cc1. The van der Waals surface area contributed by atoms with E-state index in [-0.39, 0.29) is 23.4 Å². The number of nitrogens with one attached hydrogen (secondary N) is 1. The van der Waals surface area contributed by atoms with Crippen LogP contribution in [0.3, 0.4) is 0 Å². The number of carbonyl (C=O) groups excluding carboxylic acids is 2. The van der Waals surface area contributed by atoms with E-state index in [2.05, 4.69) is 5.32 Å². The molecule has 0 aliphatic heterocycles. The van der Waals surface area contributed by atoms with E-state index in [4.69, 9.17) is 0 Å². The molecule has 8 heteroatoms. The Balaban J connectivity index is 1.56. The molecule has 1 unspecified atom stereocenters. The van der Waals surface area contributed by atoms with Crippen LogP contribution in [0.1, 0.15) is 53.5 Å². The highest BCUT2D eigenvalue weighted by Crippen LogP contribution is 2.26. The highest BCUT2D eigenvalue weighted by atomic mass is 32.2. The smallest absolute Gasteiger partial charge is 0.264 e. The lowest BCUT2D eigenvalue weighted by Crippen LogP contribution is -2.54. The third-order valence-corrected chi connectivity index (χ3v) is 10.4. The van der Waals surface area contributed by atoms with Crippen LogP contribution in [0.5, 0.6) is 0 Å². The number of rotatable bonds is 12. The van der Waals surface area contributed by atoms with Crippen LogP contribution in [0.15, 0.2) is 108 Å². The molecule has 4 aromatic rings. The maximum atomic E-state index is 14.6. The van der Waals surface area contributed by atoms with Crippen LogP contribution >= 0.6 is 0 Å². The molecule has 1 saturated carbocycles. The van der Waals surface area contributed by atoms with Crippen molar-refractivity contribution in [2.75, 3.05) is 10.8 Å². The zero-order valence-electron chi connectivity index (χ0n) is 26.9. The third kappa shape index (κ3) is 8.23. The molecular weight excluding hydrogens is 595 g/mol. The Kier molecular flexibility index (Phi) is 10.6. The first kappa shape index (κ1) is 32.9. The Hall–Kier alpha value is -4.43. The number of benzene rings is 4. The average Bonchev–Trinajstić information content (AvgIpc) is 3.56. The highest BCUT2D eigenvalue weighted by Gasteiger charge is 2.35. The normalized spacial score (nSPS) is 14.1. The molecule has 1 fully saturated rings. The van der Waals surface area contributed by atoms with Crippen molar-refractivity contribution in [1.82, 2.24) is 10.2 Å². The molecule has 0 radical (unpaired) electrons. The minimum atomic E-state index is -4.13. The van der Waals surface area contributed by atoms with Gasteiger partial charge >= 0.3 is 0 Å². The van der Waals surface area contributed by atoms with Gasteiger partial charge < -0.3 is 10.2 Å². The molecule has 1 N–H and O–H groups in total. The predicted molar refractivity (Wildman–Crippen MR) is 183 cm³/mol. The topological polar surface area (TPSA) is 86.8 Å². The molecule has 0 bridgehead atoms. The van der Waals surface area contributed by atoms with Gasteiger partial charge in [0.15, 0.2) is 0 Å². The summed E-state index contributed by atoms with van der Waals surface area (Å²) in [6, 6.07) is 30.5. The summed E-state index contributed by atoms with van der Waals surface area (Å²) in [4.78, 5) is 30.4. The fourth-order valence-corrected chi connectivity index (χ4v) is 7.37. The van der Waals surface area contributed by atoms with Crippen LogP contribution in [0.4, 0.5) is 5.69 Å². The lowest BCUT2D eigenvalue weighted by molar-refractivity contribution is -0.140. The summed E-state index contributed by atoms with van der Waals surface area (Å²) in [5.74, 6) is -0.681. The van der Waals surface area contributed by atoms with Gasteiger partial charge in [0.25, 0.3) is 10.0 Å². The van der Waals surface area contributed by atoms with E-state index in [1.54, 1.807) is 47.4 Å². The zero-order valence-corrected chi connectivity index (χ0v) is 27.7. The third-order valence-electron chi connectivity index (χ3n) is 8.62. The van der Waals surface area contributed by atoms with Gasteiger partial charge in [-0.15, -0.1) is 0 Å². The summed E-state index contributed by atoms with van der Waals surface area (Å²) < 4.78 is 29.6. The van der Waals surface area contributed by atoms with E-state index in [9.17, 15) is 18.0 Å². The first-order chi connectivity index (χ1) is 22.1. The van der Waals surface area contributed by atoms with Crippen molar-refractivity contribution in [1.29, 1.82) is 0 Å². The maximum absolute atomic E-state index is 14.6. The standard InChI is InChI=1S/C38H43N3O4S/c1-28-16-20-32(21-17-28)26-40(36(25-31-11-5-4-6-12-31)38(43)39-33-13-7-8-14-33)37(42)27-41(34-15-9-10-30(3)24-34)46(44,45)35-22-18-29(2)19-23-35/h4-6,9-12,15-24,33,36H,7-8,13-14,25-27H2,1-3H3,(H,39,43). The van der Waals surface area contributed by atoms with Crippen LogP contribution in [0.25, 0.3) is 0 Å². The molecule has 7 nitrogen and oxygen atoms in total. The van der Waals surface area contributed by atoms with E-state index in [1.807, 2.05) is 81.4 Å². The Morgan fingerprint density at radius 3 is 2.02 bits per heavy atom. The molecule has 0 spiro atoms. The number of hydrogen-bond donors (Lipinski definition) is 1. The molecule has 1 aliphatic carbocycles. The van der Waals surface area contributed by atoms with E-state index in [0.29, 0.717) is 12.1 Å². The Morgan fingerprint density at radius 1 is 0.761 bits per heavy atom. The summed E-state index contributed by atoms with van der Waals surface area (Å²) in [5, 5.41) is 3.22. The monoisotopic (exact) mass is 637 g/mol. The van der Waals surface area contributed by atoms with Crippen molar-refractivity contribution in [3.05, 3.63) is 131 Å². The van der Waals surface area contributed by atoms with Crippen LogP contribution < -0.4 is 9.62 Å². The molecule has 1 atom stereocenters. The van der Waals surface area contributed by atoms with Gasteiger partial charge in [0.2, 0.25) is 11.8 Å². The lowest BCUT2D eigenvalue weighted by Gasteiger charge is -2.34. The first-order valence-electron chi connectivity index (χ1n) is 16.0. The maximum Gasteiger partial charge on any atom is 0.264 e. The summed E-state index contributed by atoms with van der Waals surface area (Å²) in [5.41, 5.74) is 5.03. The largest absolute Gasteiger partial charge is 0.352 e. The number of anilines is 1. The number of carbonyl (C=O) groups is 2. The van der Waals surface area contributed by atoms with Crippen molar-refractivity contribution in [2.45, 2.75) is 76.4 Å². The molecule has 5 rings (SSSR count). The minimum Gasteiger partial charge on any atom is -0.352 e. The van der Waals surface area contributed by atoms with Crippen LogP contribution in [-0.2, 0) is 32.6 Å². The van der Waals surface area contributed by atoms with Crippen molar-refractivity contribution in [3.63, 3.8) is 0 Å². The van der Waals surface area contributed by atoms with Gasteiger partial charge in [-0.1, -0.05) is 103 Å². The molecule has 240 valence electrons. The fraction of sp³-hybridized carbons (Fsp3) is 0.316. The lowest BCUT2D eigenvalue weighted by atomic mass is 10.0. The minimum absolute atomic E-state index is 0.0628. The number of amides is 2. The second-order valence-electron chi connectivity index (χ2n) is 12.4. The molecule has 4 aromatic carbocycles. The summed E-state index contributed by atoms with van der Waals surface area (Å²) in [7, 11) is -4.13. The number of nitrogens with zero attached hydrogens (tertiary/aromatic N) is 2. The summed E-state index contributed by atoms with van der Waals surface area (Å²) in [6.45, 7) is 5.46. The fourth-order valence-electron chi connectivity index (χ4n) is 5.96. The quantitative estimate of drug-likeness (QED) is 0.192. The Morgan fingerprint density at radius 2 is 1.39 bits per heavy atom. The molecule has 1 aliphatic rings. The van der Waals surface area contributed by atoms with Gasteiger partial charge in [0, 0.05) is 19.0 Å². The van der Waals surface area contributed by atoms with Gasteiger partial charge in [0.05, 0.1) is 10.6 Å². The number of hydrogen-bond acceptors (Lipinski definition) is 4. The number of sulfonamides is 1. The van der Waals surface area contributed by atoms with Crippen molar-refractivity contribution in [3.8, 4) is 0 Å². The molecule has 0 saturated heterocycles. The highest BCUT2D eigenvalue weighted by molar-refractivity contribution is 7.92. The number of aryl methyl sites for hydroxylation is 3.